The van der Waals surface area contributed by atoms with Crippen LogP contribution in [0.3, 0.4) is 0 Å². The summed E-state index contributed by atoms with van der Waals surface area (Å²) in [6.45, 7) is 10.8. The molecule has 0 atom stereocenters. The van der Waals surface area contributed by atoms with Crippen molar-refractivity contribution < 1.29 is 14.3 Å². The highest BCUT2D eigenvalue weighted by Crippen LogP contribution is 2.15. The smallest absolute Gasteiger partial charge is 0.321 e. The van der Waals surface area contributed by atoms with Crippen LogP contribution in [0, 0.1) is 5.92 Å². The van der Waals surface area contributed by atoms with Gasteiger partial charge in [0.05, 0.1) is 18.8 Å². The minimum absolute atomic E-state index is 0.224. The highest BCUT2D eigenvalue weighted by molar-refractivity contribution is 5.95. The van der Waals surface area contributed by atoms with E-state index in [0.717, 1.165) is 0 Å². The molecule has 0 unspecified atom stereocenters. The molecule has 0 bridgehead atoms. The van der Waals surface area contributed by atoms with Crippen LogP contribution in [-0.4, -0.2) is 55.2 Å². The first-order chi connectivity index (χ1) is 8.78. The first-order valence-corrected chi connectivity index (χ1v) is 6.72. The van der Waals surface area contributed by atoms with Gasteiger partial charge in [-0.3, -0.25) is 15.0 Å². The van der Waals surface area contributed by atoms with E-state index in [-0.39, 0.29) is 18.1 Å². The fourth-order valence-electron chi connectivity index (χ4n) is 1.96. The fraction of sp³-hybridized carbons (Fsp3) is 0.846. The lowest BCUT2D eigenvalue weighted by Crippen LogP contribution is -2.52. The highest BCUT2D eigenvalue weighted by Gasteiger charge is 2.28. The number of ether oxygens (including phenoxy) is 1. The third kappa shape index (κ3) is 6.54. The molecule has 0 radical (unpaired) electrons. The molecule has 1 aliphatic heterocycles. The number of carbonyl (C=O) groups excluding carboxylic acids is 2. The second kappa shape index (κ2) is 6.86. The van der Waals surface area contributed by atoms with Gasteiger partial charge in [-0.25, -0.2) is 4.79 Å². The van der Waals surface area contributed by atoms with Crippen LogP contribution in [0.5, 0.6) is 0 Å². The number of imide groups is 1. The summed E-state index contributed by atoms with van der Waals surface area (Å²) in [4.78, 5) is 25.2. The highest BCUT2D eigenvalue weighted by atomic mass is 16.5. The van der Waals surface area contributed by atoms with Crippen molar-refractivity contribution in [2.75, 3.05) is 32.8 Å². The zero-order chi connectivity index (χ0) is 14.5. The molecule has 6 nitrogen and oxygen atoms in total. The van der Waals surface area contributed by atoms with Crippen molar-refractivity contribution in [1.29, 1.82) is 0 Å². The summed E-state index contributed by atoms with van der Waals surface area (Å²) in [5, 5.41) is 4.99. The number of urea groups is 1. The number of carbonyl (C=O) groups is 2. The number of hydrogen-bond donors (Lipinski definition) is 2. The quantitative estimate of drug-likeness (QED) is 0.784. The largest absolute Gasteiger partial charge is 0.373 e. The van der Waals surface area contributed by atoms with Crippen LogP contribution in [0.1, 0.15) is 27.7 Å². The minimum Gasteiger partial charge on any atom is -0.373 e. The number of hydrogen-bond acceptors (Lipinski definition) is 4. The Morgan fingerprint density at radius 1 is 1.37 bits per heavy atom. The van der Waals surface area contributed by atoms with Crippen LogP contribution in [0.2, 0.25) is 0 Å². The molecule has 0 aromatic rings. The molecule has 19 heavy (non-hydrogen) atoms. The van der Waals surface area contributed by atoms with Crippen molar-refractivity contribution in [3.63, 3.8) is 0 Å². The molecule has 0 aromatic carbocycles. The van der Waals surface area contributed by atoms with Gasteiger partial charge in [-0.05, 0) is 19.8 Å². The standard InChI is InChI=1S/C13H25N3O3/c1-10(2)7-14-12(18)15-11(17)8-16-5-6-19-13(3,4)9-16/h10H,5-9H2,1-4H3,(H2,14,15,17,18). The zero-order valence-corrected chi connectivity index (χ0v) is 12.3. The number of rotatable bonds is 4. The summed E-state index contributed by atoms with van der Waals surface area (Å²) in [7, 11) is 0. The Balaban J connectivity index is 2.29. The van der Waals surface area contributed by atoms with Gasteiger partial charge >= 0.3 is 6.03 Å². The van der Waals surface area contributed by atoms with Gasteiger partial charge in [-0.2, -0.15) is 0 Å². The number of amides is 3. The lowest BCUT2D eigenvalue weighted by atomic mass is 10.1. The van der Waals surface area contributed by atoms with Gasteiger partial charge in [-0.1, -0.05) is 13.8 Å². The van der Waals surface area contributed by atoms with E-state index in [1.807, 2.05) is 32.6 Å². The maximum atomic E-state index is 11.7. The molecular formula is C13H25N3O3. The molecule has 1 saturated heterocycles. The van der Waals surface area contributed by atoms with E-state index < -0.39 is 6.03 Å². The summed E-state index contributed by atoms with van der Waals surface area (Å²) < 4.78 is 5.57. The summed E-state index contributed by atoms with van der Waals surface area (Å²) >= 11 is 0. The van der Waals surface area contributed by atoms with Crippen molar-refractivity contribution in [3.05, 3.63) is 0 Å². The molecule has 6 heteroatoms. The number of morpholine rings is 1. The van der Waals surface area contributed by atoms with E-state index in [9.17, 15) is 9.59 Å². The Morgan fingerprint density at radius 2 is 2.05 bits per heavy atom. The van der Waals surface area contributed by atoms with Crippen LogP contribution < -0.4 is 10.6 Å². The van der Waals surface area contributed by atoms with Crippen molar-refractivity contribution in [3.8, 4) is 0 Å². The molecule has 0 saturated carbocycles. The average molecular weight is 271 g/mol. The molecule has 1 aliphatic rings. The Morgan fingerprint density at radius 3 is 2.63 bits per heavy atom. The van der Waals surface area contributed by atoms with Crippen LogP contribution in [0.25, 0.3) is 0 Å². The third-order valence-electron chi connectivity index (χ3n) is 2.80. The second-order valence-corrected chi connectivity index (χ2v) is 5.97. The van der Waals surface area contributed by atoms with Crippen LogP contribution in [-0.2, 0) is 9.53 Å². The molecular weight excluding hydrogens is 246 g/mol. The maximum absolute atomic E-state index is 11.7. The molecule has 110 valence electrons. The van der Waals surface area contributed by atoms with E-state index in [0.29, 0.717) is 32.2 Å². The third-order valence-corrected chi connectivity index (χ3v) is 2.80. The Labute approximate surface area is 114 Å². The van der Waals surface area contributed by atoms with E-state index in [1.165, 1.54) is 0 Å². The van der Waals surface area contributed by atoms with Gasteiger partial charge in [0.25, 0.3) is 0 Å². The molecule has 2 N–H and O–H groups in total. The van der Waals surface area contributed by atoms with Gasteiger partial charge in [0.15, 0.2) is 0 Å². The molecule has 3 amide bonds. The minimum atomic E-state index is -0.425. The van der Waals surface area contributed by atoms with Crippen molar-refractivity contribution >= 4 is 11.9 Å². The maximum Gasteiger partial charge on any atom is 0.321 e. The van der Waals surface area contributed by atoms with Crippen LogP contribution in [0.4, 0.5) is 4.79 Å². The topological polar surface area (TPSA) is 70.7 Å². The molecule has 1 rings (SSSR count). The van der Waals surface area contributed by atoms with E-state index in [1.54, 1.807) is 0 Å². The predicted molar refractivity (Wildman–Crippen MR) is 72.9 cm³/mol. The zero-order valence-electron chi connectivity index (χ0n) is 12.3. The Hall–Kier alpha value is -1.14. The molecule has 1 fully saturated rings. The molecule has 0 spiro atoms. The van der Waals surface area contributed by atoms with Gasteiger partial charge in [-0.15, -0.1) is 0 Å². The summed E-state index contributed by atoms with van der Waals surface area (Å²) in [5.41, 5.74) is -0.238. The van der Waals surface area contributed by atoms with Gasteiger partial charge < -0.3 is 10.1 Å². The van der Waals surface area contributed by atoms with E-state index in [2.05, 4.69) is 10.6 Å². The van der Waals surface area contributed by atoms with Crippen molar-refractivity contribution in [1.82, 2.24) is 15.5 Å². The predicted octanol–water partition coefficient (Wildman–Crippen LogP) is 0.579. The van der Waals surface area contributed by atoms with Crippen LogP contribution >= 0.6 is 0 Å². The van der Waals surface area contributed by atoms with E-state index in [4.69, 9.17) is 4.74 Å². The second-order valence-electron chi connectivity index (χ2n) is 5.97. The molecule has 0 aliphatic carbocycles. The Bertz CT molecular complexity index is 329. The summed E-state index contributed by atoms with van der Waals surface area (Å²) in [5.74, 6) is 0.0832. The van der Waals surface area contributed by atoms with Crippen LogP contribution in [0.15, 0.2) is 0 Å². The Kier molecular flexibility index (Phi) is 5.75. The molecule has 1 heterocycles. The first-order valence-electron chi connectivity index (χ1n) is 6.72. The van der Waals surface area contributed by atoms with Gasteiger partial charge in [0.1, 0.15) is 0 Å². The SMILES string of the molecule is CC(C)CNC(=O)NC(=O)CN1CCOC(C)(C)C1. The summed E-state index contributed by atoms with van der Waals surface area (Å²) in [6, 6.07) is -0.425. The van der Waals surface area contributed by atoms with Crippen molar-refractivity contribution in [2.45, 2.75) is 33.3 Å². The normalized spacial score (nSPS) is 19.2. The lowest BCUT2D eigenvalue weighted by molar-refractivity contribution is -0.126. The van der Waals surface area contributed by atoms with E-state index >= 15 is 0 Å². The lowest BCUT2D eigenvalue weighted by Gasteiger charge is -2.37. The molecule has 0 aromatic heterocycles. The monoisotopic (exact) mass is 271 g/mol. The average Bonchev–Trinajstić information content (AvgIpc) is 2.24. The summed E-state index contributed by atoms with van der Waals surface area (Å²) in [6.07, 6.45) is 0. The first kappa shape index (κ1) is 15.9. The number of nitrogens with zero attached hydrogens (tertiary/aromatic N) is 1. The van der Waals surface area contributed by atoms with Gasteiger partial charge in [0, 0.05) is 19.6 Å². The van der Waals surface area contributed by atoms with Crippen molar-refractivity contribution in [2.24, 2.45) is 5.92 Å². The number of nitrogens with one attached hydrogen (secondary N) is 2. The van der Waals surface area contributed by atoms with Gasteiger partial charge in [0.2, 0.25) is 5.91 Å². The fourth-order valence-corrected chi connectivity index (χ4v) is 1.96.